The van der Waals surface area contributed by atoms with Crippen molar-refractivity contribution in [1.82, 2.24) is 25.2 Å². The molecule has 3 heterocycles. The summed E-state index contributed by atoms with van der Waals surface area (Å²) in [4.78, 5) is 16.6. The summed E-state index contributed by atoms with van der Waals surface area (Å²) in [6, 6.07) is 6.65. The molecule has 1 aromatic carbocycles. The smallest absolute Gasteiger partial charge is 0.256 e. The van der Waals surface area contributed by atoms with E-state index < -0.39 is 0 Å². The molecule has 1 N–H and O–H groups in total. The highest BCUT2D eigenvalue weighted by Gasteiger charge is 2.38. The van der Waals surface area contributed by atoms with Gasteiger partial charge in [0.2, 0.25) is 0 Å². The van der Waals surface area contributed by atoms with Gasteiger partial charge < -0.3 is 10.2 Å². The first-order valence-electron chi connectivity index (χ1n) is 7.74. The van der Waals surface area contributed by atoms with E-state index in [1.165, 1.54) is 4.80 Å². The lowest BCUT2D eigenvalue weighted by Crippen LogP contribution is -2.37. The fourth-order valence-electron chi connectivity index (χ4n) is 3.53. The van der Waals surface area contributed by atoms with Gasteiger partial charge in [-0.25, -0.2) is 0 Å². The second kappa shape index (κ2) is 5.21. The Kier molecular flexibility index (Phi) is 3.18. The van der Waals surface area contributed by atoms with E-state index in [0.29, 0.717) is 17.6 Å². The van der Waals surface area contributed by atoms with Crippen LogP contribution in [0.3, 0.4) is 0 Å². The number of aromatic nitrogens is 3. The van der Waals surface area contributed by atoms with Crippen LogP contribution in [0.5, 0.6) is 0 Å². The molecule has 2 fully saturated rings. The summed E-state index contributed by atoms with van der Waals surface area (Å²) in [7, 11) is 0. The average Bonchev–Trinajstić information content (AvgIpc) is 3.15. The second-order valence-corrected chi connectivity index (χ2v) is 6.13. The molecule has 0 saturated carbocycles. The number of nitrogens with one attached hydrogen (secondary N) is 1. The Morgan fingerprint density at radius 1 is 1.32 bits per heavy atom. The average molecular weight is 297 g/mol. The molecule has 1 aromatic heterocycles. The molecule has 2 aromatic rings. The van der Waals surface area contributed by atoms with Gasteiger partial charge in [0, 0.05) is 18.6 Å². The Bertz CT molecular complexity index is 697. The zero-order valence-electron chi connectivity index (χ0n) is 12.6. The van der Waals surface area contributed by atoms with Crippen LogP contribution >= 0.6 is 0 Å². The van der Waals surface area contributed by atoms with Crippen LogP contribution in [-0.2, 0) is 0 Å². The molecule has 0 radical (unpaired) electrons. The summed E-state index contributed by atoms with van der Waals surface area (Å²) in [5, 5.41) is 11.8. The number of carbonyl (C=O) groups excluding carboxylic acids is 1. The van der Waals surface area contributed by atoms with Gasteiger partial charge in [0.05, 0.1) is 23.6 Å². The number of benzene rings is 1. The Morgan fingerprint density at radius 2 is 2.14 bits per heavy atom. The van der Waals surface area contributed by atoms with Crippen LogP contribution in [0.1, 0.15) is 28.8 Å². The Morgan fingerprint density at radius 3 is 2.91 bits per heavy atom. The van der Waals surface area contributed by atoms with Crippen molar-refractivity contribution in [3.8, 4) is 5.69 Å². The summed E-state index contributed by atoms with van der Waals surface area (Å²) in [6.07, 6.45) is 5.35. The third-order valence-corrected chi connectivity index (χ3v) is 4.60. The third kappa shape index (κ3) is 2.20. The number of amides is 1. The lowest BCUT2D eigenvalue weighted by Gasteiger charge is -2.25. The first-order chi connectivity index (χ1) is 10.7. The molecule has 2 aliphatic heterocycles. The van der Waals surface area contributed by atoms with Crippen LogP contribution < -0.4 is 5.32 Å². The summed E-state index contributed by atoms with van der Waals surface area (Å²) >= 11 is 0. The highest BCUT2D eigenvalue weighted by atomic mass is 16.2. The quantitative estimate of drug-likeness (QED) is 0.903. The molecular formula is C16H19N5O. The molecule has 2 unspecified atom stereocenters. The molecule has 1 amide bonds. The maximum absolute atomic E-state index is 13.1. The minimum atomic E-state index is 0.0900. The van der Waals surface area contributed by atoms with E-state index in [1.807, 2.05) is 30.0 Å². The van der Waals surface area contributed by atoms with E-state index in [9.17, 15) is 4.79 Å². The lowest BCUT2D eigenvalue weighted by atomic mass is 10.0. The largest absolute Gasteiger partial charge is 0.334 e. The molecule has 2 saturated heterocycles. The Labute approximate surface area is 129 Å². The molecule has 0 aliphatic carbocycles. The van der Waals surface area contributed by atoms with Gasteiger partial charge in [-0.2, -0.15) is 15.0 Å². The zero-order valence-corrected chi connectivity index (χ0v) is 12.6. The SMILES string of the molecule is Cc1ccc(-n2nccn2)c(C(=O)N2CC3CC2CCN3)c1. The predicted molar refractivity (Wildman–Crippen MR) is 81.9 cm³/mol. The minimum absolute atomic E-state index is 0.0900. The van der Waals surface area contributed by atoms with Crippen molar-refractivity contribution in [3.05, 3.63) is 41.7 Å². The van der Waals surface area contributed by atoms with E-state index in [1.54, 1.807) is 12.4 Å². The van der Waals surface area contributed by atoms with E-state index in [4.69, 9.17) is 0 Å². The van der Waals surface area contributed by atoms with Crippen LogP contribution in [-0.4, -0.2) is 51.0 Å². The Balaban J connectivity index is 1.72. The van der Waals surface area contributed by atoms with Gasteiger partial charge in [0.1, 0.15) is 0 Å². The van der Waals surface area contributed by atoms with E-state index in [2.05, 4.69) is 15.5 Å². The van der Waals surface area contributed by atoms with Gasteiger partial charge in [0.25, 0.3) is 5.91 Å². The van der Waals surface area contributed by atoms with Crippen molar-refractivity contribution in [2.24, 2.45) is 0 Å². The van der Waals surface area contributed by atoms with Gasteiger partial charge in [0.15, 0.2) is 0 Å². The van der Waals surface area contributed by atoms with Gasteiger partial charge in [-0.1, -0.05) is 11.6 Å². The minimum Gasteiger partial charge on any atom is -0.334 e. The summed E-state index contributed by atoms with van der Waals surface area (Å²) in [5.41, 5.74) is 2.50. The van der Waals surface area contributed by atoms with Gasteiger partial charge in [-0.3, -0.25) is 4.79 Å². The lowest BCUT2D eigenvalue weighted by molar-refractivity contribution is 0.0735. The number of hydrogen-bond donors (Lipinski definition) is 1. The van der Waals surface area contributed by atoms with Crippen molar-refractivity contribution in [1.29, 1.82) is 0 Å². The van der Waals surface area contributed by atoms with E-state index in [-0.39, 0.29) is 5.91 Å². The number of hydrogen-bond acceptors (Lipinski definition) is 4. The van der Waals surface area contributed by atoms with Crippen molar-refractivity contribution < 1.29 is 4.79 Å². The van der Waals surface area contributed by atoms with Crippen molar-refractivity contribution in [3.63, 3.8) is 0 Å². The molecule has 6 heteroatoms. The maximum Gasteiger partial charge on any atom is 0.256 e. The first-order valence-corrected chi connectivity index (χ1v) is 7.74. The standard InChI is InChI=1S/C16H19N5O/c1-11-2-3-15(21-18-6-7-19-21)14(8-11)16(22)20-10-12-9-13(20)4-5-17-12/h2-3,6-8,12-13,17H,4-5,9-10H2,1H3. The fraction of sp³-hybridized carbons (Fsp3) is 0.438. The number of aryl methyl sites for hydroxylation is 1. The molecule has 2 aliphatic rings. The maximum atomic E-state index is 13.1. The number of fused-ring (bicyclic) bond motifs is 2. The highest BCUT2D eigenvalue weighted by molar-refractivity contribution is 5.98. The molecule has 2 bridgehead atoms. The molecule has 114 valence electrons. The van der Waals surface area contributed by atoms with Gasteiger partial charge >= 0.3 is 0 Å². The number of rotatable bonds is 2. The van der Waals surface area contributed by atoms with Gasteiger partial charge in [-0.15, -0.1) is 0 Å². The molecule has 4 rings (SSSR count). The monoisotopic (exact) mass is 297 g/mol. The van der Waals surface area contributed by atoms with Crippen LogP contribution in [0.4, 0.5) is 0 Å². The van der Waals surface area contributed by atoms with Crippen LogP contribution in [0.25, 0.3) is 5.69 Å². The topological polar surface area (TPSA) is 63.1 Å². The number of piperidine rings is 1. The number of likely N-dealkylation sites (tertiary alicyclic amines) is 1. The van der Waals surface area contributed by atoms with Gasteiger partial charge in [-0.05, 0) is 38.4 Å². The Hall–Kier alpha value is -2.21. The zero-order chi connectivity index (χ0) is 15.1. The summed E-state index contributed by atoms with van der Waals surface area (Å²) in [6.45, 7) is 3.80. The second-order valence-electron chi connectivity index (χ2n) is 6.13. The molecular weight excluding hydrogens is 278 g/mol. The number of nitrogens with zero attached hydrogens (tertiary/aromatic N) is 4. The normalized spacial score (nSPS) is 23.8. The molecule has 2 atom stereocenters. The predicted octanol–water partition coefficient (Wildman–Crippen LogP) is 1.15. The van der Waals surface area contributed by atoms with Crippen LogP contribution in [0.15, 0.2) is 30.6 Å². The highest BCUT2D eigenvalue weighted by Crippen LogP contribution is 2.27. The van der Waals surface area contributed by atoms with Crippen LogP contribution in [0, 0.1) is 6.92 Å². The fourth-order valence-corrected chi connectivity index (χ4v) is 3.53. The van der Waals surface area contributed by atoms with Crippen molar-refractivity contribution in [2.75, 3.05) is 13.1 Å². The van der Waals surface area contributed by atoms with E-state index in [0.717, 1.165) is 37.2 Å². The third-order valence-electron chi connectivity index (χ3n) is 4.60. The number of carbonyl (C=O) groups is 1. The van der Waals surface area contributed by atoms with Crippen LogP contribution in [0.2, 0.25) is 0 Å². The molecule has 0 spiro atoms. The van der Waals surface area contributed by atoms with Crippen molar-refractivity contribution >= 4 is 5.91 Å². The molecule has 6 nitrogen and oxygen atoms in total. The first kappa shape index (κ1) is 13.5. The van der Waals surface area contributed by atoms with E-state index >= 15 is 0 Å². The summed E-state index contributed by atoms with van der Waals surface area (Å²) in [5.74, 6) is 0.0900. The summed E-state index contributed by atoms with van der Waals surface area (Å²) < 4.78 is 0. The van der Waals surface area contributed by atoms with Crippen molar-refractivity contribution in [2.45, 2.75) is 31.8 Å². The molecule has 22 heavy (non-hydrogen) atoms.